The van der Waals surface area contributed by atoms with Crippen LogP contribution < -0.4 is 10.6 Å². The van der Waals surface area contributed by atoms with Crippen LogP contribution in [0.4, 0.5) is 22.0 Å². The monoisotopic (exact) mass is 659 g/mol. The Morgan fingerprint density at radius 1 is 1.07 bits per heavy atom. The van der Waals surface area contributed by atoms with Crippen molar-refractivity contribution in [1.82, 2.24) is 35.5 Å². The average Bonchev–Trinajstić information content (AvgIpc) is 3.43. The minimum Gasteiger partial charge on any atom is -0.345 e. The molecule has 1 aliphatic heterocycles. The topological polar surface area (TPSA) is 127 Å². The zero-order valence-electron chi connectivity index (χ0n) is 27.4. The first kappa shape index (κ1) is 38.5. The van der Waals surface area contributed by atoms with Gasteiger partial charge in [-0.15, -0.1) is 0 Å². The summed E-state index contributed by atoms with van der Waals surface area (Å²) in [4.78, 5) is 28.7. The number of alkyl halides is 5. The van der Waals surface area contributed by atoms with E-state index in [1.54, 1.807) is 12.3 Å². The van der Waals surface area contributed by atoms with Gasteiger partial charge in [0.2, 0.25) is 11.8 Å². The second-order valence-corrected chi connectivity index (χ2v) is 10.5. The summed E-state index contributed by atoms with van der Waals surface area (Å²) < 4.78 is 69.2. The van der Waals surface area contributed by atoms with Gasteiger partial charge in [-0.05, 0) is 55.3 Å². The fraction of sp³-hybridized carbons (Fsp3) is 0.677. The van der Waals surface area contributed by atoms with Crippen molar-refractivity contribution in [2.75, 3.05) is 0 Å². The number of nitrogens with one attached hydrogen (secondary N) is 2. The number of rotatable bonds is 6. The highest BCUT2D eigenvalue weighted by molar-refractivity contribution is 5.93. The summed E-state index contributed by atoms with van der Waals surface area (Å²) in [5.41, 5.74) is 2.32. The summed E-state index contributed by atoms with van der Waals surface area (Å²) >= 11 is 0. The lowest BCUT2D eigenvalue weighted by Crippen LogP contribution is -2.38. The van der Waals surface area contributed by atoms with Crippen molar-refractivity contribution >= 4 is 17.5 Å². The van der Waals surface area contributed by atoms with E-state index in [0.29, 0.717) is 35.4 Å². The van der Waals surface area contributed by atoms with Crippen LogP contribution in [-0.2, 0) is 17.8 Å². The van der Waals surface area contributed by atoms with Crippen molar-refractivity contribution in [2.45, 2.75) is 130 Å². The molecule has 15 heteroatoms. The van der Waals surface area contributed by atoms with Crippen LogP contribution in [0.1, 0.15) is 126 Å². The maximum Gasteiger partial charge on any atom is 0.408 e. The molecule has 2 amide bonds. The molecule has 3 fully saturated rings. The van der Waals surface area contributed by atoms with Crippen LogP contribution in [0.5, 0.6) is 0 Å². The Morgan fingerprint density at radius 3 is 2.26 bits per heavy atom. The Morgan fingerprint density at radius 2 is 1.72 bits per heavy atom. The first-order valence-electron chi connectivity index (χ1n) is 16.2. The third-order valence-electron chi connectivity index (χ3n) is 7.22. The first-order chi connectivity index (χ1) is 22.0. The second-order valence-electron chi connectivity index (χ2n) is 10.5. The smallest absolute Gasteiger partial charge is 0.345 e. The molecule has 2 aliphatic carbocycles. The van der Waals surface area contributed by atoms with E-state index in [0.717, 1.165) is 19.3 Å². The molecule has 10 nitrogen and oxygen atoms in total. The molecule has 4 heterocycles. The van der Waals surface area contributed by atoms with Gasteiger partial charge in [-0.3, -0.25) is 9.59 Å². The lowest BCUT2D eigenvalue weighted by atomic mass is 9.97. The van der Waals surface area contributed by atoms with Crippen LogP contribution in [0.2, 0.25) is 0 Å². The Labute approximate surface area is 266 Å². The number of halogens is 5. The fourth-order valence-corrected chi connectivity index (χ4v) is 4.88. The first-order valence-corrected chi connectivity index (χ1v) is 16.2. The minimum atomic E-state index is -4.46. The summed E-state index contributed by atoms with van der Waals surface area (Å²) in [6, 6.07) is -0.155. The Hall–Kier alpha value is -3.65. The number of imidazole rings is 1. The summed E-state index contributed by atoms with van der Waals surface area (Å²) in [6.07, 6.45) is 3.05. The molecule has 0 radical (unpaired) electrons. The van der Waals surface area contributed by atoms with Gasteiger partial charge in [-0.1, -0.05) is 53.1 Å². The van der Waals surface area contributed by atoms with Gasteiger partial charge in [0.15, 0.2) is 11.3 Å². The van der Waals surface area contributed by atoms with Crippen molar-refractivity contribution in [3.8, 4) is 0 Å². The van der Waals surface area contributed by atoms with Crippen molar-refractivity contribution in [3.63, 3.8) is 0 Å². The Kier molecular flexibility index (Phi) is 15.0. The molecule has 2 saturated carbocycles. The van der Waals surface area contributed by atoms with Crippen LogP contribution in [0, 0.1) is 5.92 Å². The van der Waals surface area contributed by atoms with Crippen molar-refractivity contribution in [2.24, 2.45) is 5.92 Å². The lowest BCUT2D eigenvalue weighted by Gasteiger charge is -2.20. The van der Waals surface area contributed by atoms with Gasteiger partial charge in [-0.25, -0.2) is 22.9 Å². The molecule has 1 saturated heterocycles. The molecule has 3 aromatic rings. The molecule has 0 aromatic carbocycles. The third kappa shape index (κ3) is 11.0. The maximum atomic E-state index is 12.9. The molecule has 6 rings (SSSR count). The largest absolute Gasteiger partial charge is 0.408 e. The number of amides is 2. The van der Waals surface area contributed by atoms with Gasteiger partial charge in [0, 0.05) is 24.7 Å². The zero-order chi connectivity index (χ0) is 34.5. The van der Waals surface area contributed by atoms with E-state index < -0.39 is 35.9 Å². The van der Waals surface area contributed by atoms with Gasteiger partial charge in [0.1, 0.15) is 11.7 Å². The molecule has 3 aromatic heterocycles. The number of fused-ring (bicyclic) bond motifs is 1. The molecule has 3 aliphatic rings. The molecule has 2 N–H and O–H groups in total. The normalized spacial score (nSPS) is 19.9. The summed E-state index contributed by atoms with van der Waals surface area (Å²) in [5, 5.41) is 16.4. The molecule has 0 spiro atoms. The lowest BCUT2D eigenvalue weighted by molar-refractivity contribution is -0.154. The SMILES string of the molecule is CC.CC.CC.FC1(F)CCCCC1.O=C(NCc1cn2ncc(C[C@H]3CC(C(F)(F)F)NC3=O)cc2n1)c1nonc1C1CC1. The molecule has 46 heavy (non-hydrogen) atoms. The quantitative estimate of drug-likeness (QED) is 0.268. The third-order valence-corrected chi connectivity index (χ3v) is 7.22. The highest BCUT2D eigenvalue weighted by Crippen LogP contribution is 2.40. The molecular formula is C31H46F5N7O3. The molecular weight excluding hydrogens is 613 g/mol. The van der Waals surface area contributed by atoms with Crippen LogP contribution in [-0.4, -0.2) is 54.9 Å². The minimum absolute atomic E-state index is 0.118. The van der Waals surface area contributed by atoms with Gasteiger partial charge in [0.05, 0.1) is 24.6 Å². The predicted molar refractivity (Wildman–Crippen MR) is 162 cm³/mol. The maximum absolute atomic E-state index is 12.9. The molecule has 1 unspecified atom stereocenters. The van der Waals surface area contributed by atoms with Crippen molar-refractivity contribution in [1.29, 1.82) is 0 Å². The van der Waals surface area contributed by atoms with Gasteiger partial charge in [-0.2, -0.15) is 18.3 Å². The Balaban J connectivity index is 0.000000447. The standard InChI is InChI=1S/C19H18F3N7O3.C6H10F2.3C2H6/c20-19(21,22)13-5-11(17(30)26-13)3-9-4-14-25-12(8-29(14)24-6-9)7-23-18(31)16-15(10-1-2-10)27-32-28-16;7-6(8)4-2-1-3-5-6;3*1-2/h4,6,8,10-11,13H,1-3,5,7H2,(H,23,31)(H,26,30);1-5H2;3*1-2H3/t11-,13?;;;;/m0..../s1. The van der Waals surface area contributed by atoms with E-state index in [4.69, 9.17) is 0 Å². The van der Waals surface area contributed by atoms with E-state index in [1.165, 1.54) is 10.7 Å². The van der Waals surface area contributed by atoms with E-state index in [-0.39, 0.29) is 43.8 Å². The Bertz CT molecular complexity index is 1360. The number of nitrogens with zero attached hydrogens (tertiary/aromatic N) is 5. The van der Waals surface area contributed by atoms with Crippen LogP contribution in [0.3, 0.4) is 0 Å². The van der Waals surface area contributed by atoms with Gasteiger partial charge < -0.3 is 10.6 Å². The molecule has 2 atom stereocenters. The van der Waals surface area contributed by atoms with Crippen LogP contribution >= 0.6 is 0 Å². The van der Waals surface area contributed by atoms with Crippen molar-refractivity contribution < 1.29 is 36.2 Å². The number of carbonyl (C=O) groups is 2. The second kappa shape index (κ2) is 17.9. The predicted octanol–water partition coefficient (Wildman–Crippen LogP) is 7.19. The highest BCUT2D eigenvalue weighted by atomic mass is 19.4. The molecule has 0 bridgehead atoms. The van der Waals surface area contributed by atoms with Crippen LogP contribution in [0.25, 0.3) is 5.65 Å². The number of carbonyl (C=O) groups excluding carboxylic acids is 2. The summed E-state index contributed by atoms with van der Waals surface area (Å²) in [6.45, 7) is 12.1. The van der Waals surface area contributed by atoms with Crippen LogP contribution in [0.15, 0.2) is 23.1 Å². The highest BCUT2D eigenvalue weighted by Gasteiger charge is 2.47. The average molecular weight is 660 g/mol. The van der Waals surface area contributed by atoms with Gasteiger partial charge >= 0.3 is 6.18 Å². The summed E-state index contributed by atoms with van der Waals surface area (Å²) in [5.74, 6) is -3.92. The van der Waals surface area contributed by atoms with Crippen molar-refractivity contribution in [3.05, 3.63) is 41.1 Å². The van der Waals surface area contributed by atoms with E-state index in [1.807, 2.05) is 46.9 Å². The van der Waals surface area contributed by atoms with E-state index in [9.17, 15) is 31.5 Å². The summed E-state index contributed by atoms with van der Waals surface area (Å²) in [7, 11) is 0. The van der Waals surface area contributed by atoms with E-state index in [2.05, 4.69) is 30.3 Å². The zero-order valence-corrected chi connectivity index (χ0v) is 27.4. The number of hydrogen-bond acceptors (Lipinski definition) is 7. The molecule has 258 valence electrons. The number of aromatic nitrogens is 5. The van der Waals surface area contributed by atoms with Gasteiger partial charge in [0.25, 0.3) is 5.91 Å². The van der Waals surface area contributed by atoms with E-state index >= 15 is 0 Å². The fourth-order valence-electron chi connectivity index (χ4n) is 4.88. The number of hydrogen-bond donors (Lipinski definition) is 2.